The standard InChI is InChI=1S/C11H14FNO3/c1-16-10(15)11(6-12,7-13)8-4-2-3-5-9(8)14/h2-5,14H,6-7,13H2,1H3. The molecule has 0 aliphatic heterocycles. The van der Waals surface area contributed by atoms with Gasteiger partial charge >= 0.3 is 5.97 Å². The summed E-state index contributed by atoms with van der Waals surface area (Å²) in [5.74, 6) is -0.963. The monoisotopic (exact) mass is 227 g/mol. The van der Waals surface area contributed by atoms with Crippen molar-refractivity contribution < 1.29 is 19.0 Å². The zero-order valence-corrected chi connectivity index (χ0v) is 8.94. The lowest BCUT2D eigenvalue weighted by Gasteiger charge is -2.27. The van der Waals surface area contributed by atoms with Crippen molar-refractivity contribution in [3.8, 4) is 5.75 Å². The molecule has 0 saturated carbocycles. The number of carbonyl (C=O) groups is 1. The topological polar surface area (TPSA) is 72.5 Å². The van der Waals surface area contributed by atoms with E-state index in [1.807, 2.05) is 0 Å². The number of esters is 1. The van der Waals surface area contributed by atoms with Gasteiger partial charge in [0, 0.05) is 12.1 Å². The van der Waals surface area contributed by atoms with Crippen LogP contribution in [0.1, 0.15) is 5.56 Å². The molecule has 0 amide bonds. The van der Waals surface area contributed by atoms with Crippen molar-refractivity contribution in [2.75, 3.05) is 20.3 Å². The third kappa shape index (κ3) is 1.86. The van der Waals surface area contributed by atoms with Gasteiger partial charge in [-0.25, -0.2) is 4.39 Å². The molecule has 1 unspecified atom stereocenters. The van der Waals surface area contributed by atoms with Crippen LogP contribution in [-0.2, 0) is 14.9 Å². The van der Waals surface area contributed by atoms with Gasteiger partial charge in [0.25, 0.3) is 0 Å². The van der Waals surface area contributed by atoms with Crippen LogP contribution in [0.5, 0.6) is 5.75 Å². The number of halogens is 1. The molecule has 0 bridgehead atoms. The lowest BCUT2D eigenvalue weighted by Crippen LogP contribution is -2.45. The SMILES string of the molecule is COC(=O)C(CN)(CF)c1ccccc1O. The van der Waals surface area contributed by atoms with E-state index in [1.165, 1.54) is 12.1 Å². The summed E-state index contributed by atoms with van der Waals surface area (Å²) in [6.07, 6.45) is 0. The highest BCUT2D eigenvalue weighted by Gasteiger charge is 2.42. The molecule has 1 aromatic carbocycles. The number of rotatable bonds is 4. The Bertz CT molecular complexity index is 377. The Balaban J connectivity index is 3.32. The molecule has 4 nitrogen and oxygen atoms in total. The zero-order valence-electron chi connectivity index (χ0n) is 8.94. The molecule has 0 fully saturated rings. The van der Waals surface area contributed by atoms with Crippen molar-refractivity contribution in [3.63, 3.8) is 0 Å². The Morgan fingerprint density at radius 3 is 2.62 bits per heavy atom. The molecule has 1 rings (SSSR count). The summed E-state index contributed by atoms with van der Waals surface area (Å²) >= 11 is 0. The Labute approximate surface area is 92.8 Å². The van der Waals surface area contributed by atoms with Gasteiger partial charge in [-0.1, -0.05) is 18.2 Å². The second kappa shape index (κ2) is 4.94. The normalized spacial score (nSPS) is 14.2. The van der Waals surface area contributed by atoms with Gasteiger partial charge in [0.1, 0.15) is 17.8 Å². The predicted molar refractivity (Wildman–Crippen MR) is 56.8 cm³/mol. The molecule has 0 aliphatic rings. The molecule has 0 radical (unpaired) electrons. The number of phenols is 1. The second-order valence-electron chi connectivity index (χ2n) is 3.43. The molecule has 16 heavy (non-hydrogen) atoms. The quantitative estimate of drug-likeness (QED) is 0.744. The van der Waals surface area contributed by atoms with Gasteiger partial charge < -0.3 is 15.6 Å². The molecular weight excluding hydrogens is 213 g/mol. The van der Waals surface area contributed by atoms with Gasteiger partial charge in [-0.2, -0.15) is 0 Å². The molecule has 1 aromatic rings. The molecule has 1 atom stereocenters. The number of hydrogen-bond donors (Lipinski definition) is 2. The largest absolute Gasteiger partial charge is 0.508 e. The number of nitrogens with two attached hydrogens (primary N) is 1. The van der Waals surface area contributed by atoms with Crippen LogP contribution < -0.4 is 5.73 Å². The van der Waals surface area contributed by atoms with Crippen LogP contribution in [-0.4, -0.2) is 31.4 Å². The number of methoxy groups -OCH3 is 1. The molecule has 0 saturated heterocycles. The third-order valence-electron chi connectivity index (χ3n) is 2.57. The molecule has 0 aliphatic carbocycles. The first-order valence-electron chi connectivity index (χ1n) is 4.75. The van der Waals surface area contributed by atoms with Gasteiger partial charge in [0.15, 0.2) is 0 Å². The summed E-state index contributed by atoms with van der Waals surface area (Å²) < 4.78 is 17.7. The van der Waals surface area contributed by atoms with Crippen molar-refractivity contribution in [2.45, 2.75) is 5.41 Å². The van der Waals surface area contributed by atoms with E-state index < -0.39 is 18.1 Å². The summed E-state index contributed by atoms with van der Waals surface area (Å²) in [4.78, 5) is 11.6. The maximum absolute atomic E-state index is 13.1. The number of carbonyl (C=O) groups excluding carboxylic acids is 1. The van der Waals surface area contributed by atoms with Crippen molar-refractivity contribution in [1.29, 1.82) is 0 Å². The van der Waals surface area contributed by atoms with Gasteiger partial charge in [0.2, 0.25) is 0 Å². The number of ether oxygens (including phenoxy) is 1. The average Bonchev–Trinajstić information content (AvgIpc) is 2.33. The highest BCUT2D eigenvalue weighted by Crippen LogP contribution is 2.32. The van der Waals surface area contributed by atoms with Crippen LogP contribution in [0, 0.1) is 0 Å². The lowest BCUT2D eigenvalue weighted by molar-refractivity contribution is -0.148. The van der Waals surface area contributed by atoms with Crippen LogP contribution in [0.15, 0.2) is 24.3 Å². The number of benzene rings is 1. The first kappa shape index (κ1) is 12.4. The molecule has 0 heterocycles. The third-order valence-corrected chi connectivity index (χ3v) is 2.57. The van der Waals surface area contributed by atoms with Crippen molar-refractivity contribution in [3.05, 3.63) is 29.8 Å². The molecular formula is C11H14FNO3. The fourth-order valence-electron chi connectivity index (χ4n) is 1.56. The highest BCUT2D eigenvalue weighted by atomic mass is 19.1. The van der Waals surface area contributed by atoms with Crippen LogP contribution in [0.25, 0.3) is 0 Å². The van der Waals surface area contributed by atoms with Gasteiger partial charge in [0.05, 0.1) is 7.11 Å². The van der Waals surface area contributed by atoms with Crippen LogP contribution in [0.2, 0.25) is 0 Å². The summed E-state index contributed by atoms with van der Waals surface area (Å²) in [6.45, 7) is -1.29. The Kier molecular flexibility index (Phi) is 3.84. The number of hydrogen-bond acceptors (Lipinski definition) is 4. The first-order chi connectivity index (χ1) is 7.62. The minimum Gasteiger partial charge on any atom is -0.508 e. The van der Waals surface area contributed by atoms with E-state index in [-0.39, 0.29) is 17.9 Å². The minimum absolute atomic E-state index is 0.145. The Hall–Kier alpha value is -1.62. The fraction of sp³-hybridized carbons (Fsp3) is 0.364. The van der Waals surface area contributed by atoms with Crippen LogP contribution >= 0.6 is 0 Å². The second-order valence-corrected chi connectivity index (χ2v) is 3.43. The molecule has 88 valence electrons. The van der Waals surface area contributed by atoms with E-state index in [0.29, 0.717) is 0 Å². The minimum atomic E-state index is -1.62. The van der Waals surface area contributed by atoms with E-state index >= 15 is 0 Å². The molecule has 0 spiro atoms. The van der Waals surface area contributed by atoms with Crippen molar-refractivity contribution in [2.24, 2.45) is 5.73 Å². The summed E-state index contributed by atoms with van der Waals surface area (Å²) in [5.41, 5.74) is 3.96. The summed E-state index contributed by atoms with van der Waals surface area (Å²) in [6, 6.07) is 6.00. The van der Waals surface area contributed by atoms with Crippen molar-refractivity contribution >= 4 is 5.97 Å². The molecule has 3 N–H and O–H groups in total. The number of para-hydroxylation sites is 1. The van der Waals surface area contributed by atoms with Gasteiger partial charge in [-0.3, -0.25) is 4.79 Å². The van der Waals surface area contributed by atoms with E-state index in [1.54, 1.807) is 12.1 Å². The van der Waals surface area contributed by atoms with E-state index in [4.69, 9.17) is 5.73 Å². The van der Waals surface area contributed by atoms with Crippen molar-refractivity contribution in [1.82, 2.24) is 0 Å². The number of phenolic OH excluding ortho intramolecular Hbond substituents is 1. The van der Waals surface area contributed by atoms with Crippen LogP contribution in [0.4, 0.5) is 4.39 Å². The number of aromatic hydroxyl groups is 1. The zero-order chi connectivity index (χ0) is 12.2. The van der Waals surface area contributed by atoms with Gasteiger partial charge in [-0.05, 0) is 6.07 Å². The smallest absolute Gasteiger partial charge is 0.320 e. The van der Waals surface area contributed by atoms with E-state index in [2.05, 4.69) is 4.74 Å². The summed E-state index contributed by atoms with van der Waals surface area (Å²) in [7, 11) is 1.16. The molecule has 0 aromatic heterocycles. The predicted octanol–water partition coefficient (Wildman–Crippen LogP) is 0.731. The van der Waals surface area contributed by atoms with E-state index in [0.717, 1.165) is 7.11 Å². The lowest BCUT2D eigenvalue weighted by atomic mass is 9.81. The highest BCUT2D eigenvalue weighted by molar-refractivity contribution is 5.84. The van der Waals surface area contributed by atoms with E-state index in [9.17, 15) is 14.3 Å². The molecule has 5 heteroatoms. The maximum atomic E-state index is 13.1. The van der Waals surface area contributed by atoms with Crippen LogP contribution in [0.3, 0.4) is 0 Å². The fourth-order valence-corrected chi connectivity index (χ4v) is 1.56. The summed E-state index contributed by atoms with van der Waals surface area (Å²) in [5, 5.41) is 9.62. The van der Waals surface area contributed by atoms with Gasteiger partial charge in [-0.15, -0.1) is 0 Å². The maximum Gasteiger partial charge on any atom is 0.320 e. The first-order valence-corrected chi connectivity index (χ1v) is 4.75. The number of alkyl halides is 1. The Morgan fingerprint density at radius 2 is 2.19 bits per heavy atom. The average molecular weight is 227 g/mol. The Morgan fingerprint density at radius 1 is 1.56 bits per heavy atom.